The first kappa shape index (κ1) is 13.3. The fraction of sp³-hybridized carbons (Fsp3) is 0.154. The van der Waals surface area contributed by atoms with E-state index in [0.717, 1.165) is 4.90 Å². The van der Waals surface area contributed by atoms with Gasteiger partial charge in [-0.05, 0) is 17.7 Å². The van der Waals surface area contributed by atoms with Crippen LogP contribution < -0.4 is 0 Å². The molecule has 1 aromatic carbocycles. The minimum atomic E-state index is -1.22. The molecule has 1 aromatic rings. The number of carbonyl (C=O) groups excluding carboxylic acids is 2. The average molecular weight is 280 g/mol. The highest BCUT2D eigenvalue weighted by molar-refractivity contribution is 6.32. The molecule has 2 amide bonds. The van der Waals surface area contributed by atoms with E-state index >= 15 is 0 Å². The van der Waals surface area contributed by atoms with Crippen LogP contribution in [-0.2, 0) is 14.4 Å². The molecule has 0 atom stereocenters. The summed E-state index contributed by atoms with van der Waals surface area (Å²) in [6.07, 6.45) is 1.42. The van der Waals surface area contributed by atoms with Gasteiger partial charge >= 0.3 is 5.97 Å². The van der Waals surface area contributed by atoms with E-state index in [4.69, 9.17) is 16.7 Å². The third-order valence-electron chi connectivity index (χ3n) is 2.69. The van der Waals surface area contributed by atoms with Gasteiger partial charge in [0, 0.05) is 10.6 Å². The zero-order valence-electron chi connectivity index (χ0n) is 9.80. The van der Waals surface area contributed by atoms with Crippen molar-refractivity contribution >= 4 is 35.5 Å². The van der Waals surface area contributed by atoms with Crippen molar-refractivity contribution in [1.29, 1.82) is 0 Å². The predicted molar refractivity (Wildman–Crippen MR) is 68.4 cm³/mol. The van der Waals surface area contributed by atoms with Crippen molar-refractivity contribution < 1.29 is 19.5 Å². The van der Waals surface area contributed by atoms with Crippen LogP contribution >= 0.6 is 11.6 Å². The molecule has 6 heteroatoms. The maximum atomic E-state index is 11.9. The second-order valence-electron chi connectivity index (χ2n) is 4.05. The summed E-state index contributed by atoms with van der Waals surface area (Å²) in [4.78, 5) is 34.8. The Morgan fingerprint density at radius 1 is 1.37 bits per heavy atom. The summed E-state index contributed by atoms with van der Waals surface area (Å²) in [5, 5.41) is 9.11. The second kappa shape index (κ2) is 5.24. The highest BCUT2D eigenvalue weighted by Crippen LogP contribution is 2.24. The summed E-state index contributed by atoms with van der Waals surface area (Å²) in [5.74, 6) is -2.31. The number of rotatable bonds is 3. The molecule has 1 saturated heterocycles. The van der Waals surface area contributed by atoms with Crippen LogP contribution in [0, 0.1) is 0 Å². The van der Waals surface area contributed by atoms with E-state index in [-0.39, 0.29) is 12.0 Å². The van der Waals surface area contributed by atoms with E-state index in [1.54, 1.807) is 24.3 Å². The molecule has 1 aliphatic rings. The van der Waals surface area contributed by atoms with Gasteiger partial charge < -0.3 is 5.11 Å². The number of carboxylic acid groups (broad SMARTS) is 1. The van der Waals surface area contributed by atoms with Crippen molar-refractivity contribution in [2.75, 3.05) is 6.54 Å². The van der Waals surface area contributed by atoms with Crippen molar-refractivity contribution in [3.8, 4) is 0 Å². The molecule has 0 unspecified atom stereocenters. The molecule has 1 heterocycles. The molecule has 1 N–H and O–H groups in total. The number of carboxylic acids is 1. The molecule has 0 bridgehead atoms. The minimum Gasteiger partial charge on any atom is -0.480 e. The summed E-state index contributed by atoms with van der Waals surface area (Å²) in [6.45, 7) is -0.614. The summed E-state index contributed by atoms with van der Waals surface area (Å²) in [6, 6.07) is 6.90. The Kier molecular flexibility index (Phi) is 3.66. The maximum absolute atomic E-state index is 11.9. The van der Waals surface area contributed by atoms with E-state index in [1.165, 1.54) is 6.08 Å². The van der Waals surface area contributed by atoms with Crippen LogP contribution in [0.15, 0.2) is 29.8 Å². The van der Waals surface area contributed by atoms with Gasteiger partial charge in [-0.2, -0.15) is 0 Å². The summed E-state index contributed by atoms with van der Waals surface area (Å²) < 4.78 is 0. The van der Waals surface area contributed by atoms with E-state index in [0.29, 0.717) is 10.6 Å². The predicted octanol–water partition coefficient (Wildman–Crippen LogP) is 1.57. The molecule has 5 nitrogen and oxygen atoms in total. The van der Waals surface area contributed by atoms with Gasteiger partial charge in [0.15, 0.2) is 0 Å². The van der Waals surface area contributed by atoms with Crippen LogP contribution in [0.4, 0.5) is 0 Å². The lowest BCUT2D eigenvalue weighted by Crippen LogP contribution is -2.34. The molecule has 1 fully saturated rings. The number of hydrogen-bond donors (Lipinski definition) is 1. The van der Waals surface area contributed by atoms with Crippen molar-refractivity contribution in [2.24, 2.45) is 0 Å². The summed E-state index contributed by atoms with van der Waals surface area (Å²) in [7, 11) is 0. The topological polar surface area (TPSA) is 74.7 Å². The Balaban J connectivity index is 2.28. The van der Waals surface area contributed by atoms with Gasteiger partial charge in [-0.25, -0.2) is 0 Å². The number of carbonyl (C=O) groups is 3. The first-order chi connectivity index (χ1) is 8.99. The number of aliphatic carboxylic acids is 1. The molecule has 98 valence electrons. The molecule has 0 aromatic heterocycles. The van der Waals surface area contributed by atoms with Crippen LogP contribution in [0.2, 0.25) is 5.02 Å². The zero-order chi connectivity index (χ0) is 14.0. The van der Waals surface area contributed by atoms with Gasteiger partial charge in [0.1, 0.15) is 6.54 Å². The van der Waals surface area contributed by atoms with Crippen LogP contribution in [0.25, 0.3) is 6.08 Å². The van der Waals surface area contributed by atoms with Gasteiger partial charge in [0.05, 0.1) is 6.42 Å². The molecule has 0 spiro atoms. The van der Waals surface area contributed by atoms with Gasteiger partial charge in [-0.3, -0.25) is 19.3 Å². The Labute approximate surface area is 114 Å². The average Bonchev–Trinajstić information content (AvgIpc) is 2.60. The van der Waals surface area contributed by atoms with E-state index in [9.17, 15) is 14.4 Å². The van der Waals surface area contributed by atoms with Crippen LogP contribution in [0.3, 0.4) is 0 Å². The van der Waals surface area contributed by atoms with Gasteiger partial charge in [-0.1, -0.05) is 29.8 Å². The molecule has 0 aliphatic carbocycles. The number of benzene rings is 1. The standard InChI is InChI=1S/C13H10ClNO4/c14-10-4-2-1-3-8(10)5-9-6-11(16)15(13(9)19)7-12(17)18/h1-5H,6-7H2,(H,17,18)/b9-5+. The number of amides is 2. The highest BCUT2D eigenvalue weighted by Gasteiger charge is 2.34. The third-order valence-corrected chi connectivity index (χ3v) is 3.04. The molecule has 1 aliphatic heterocycles. The Morgan fingerprint density at radius 3 is 2.68 bits per heavy atom. The largest absolute Gasteiger partial charge is 0.480 e. The third kappa shape index (κ3) is 2.82. The molecule has 0 radical (unpaired) electrons. The first-order valence-corrected chi connectivity index (χ1v) is 5.88. The number of imide groups is 1. The van der Waals surface area contributed by atoms with Crippen molar-refractivity contribution in [3.05, 3.63) is 40.4 Å². The lowest BCUT2D eigenvalue weighted by atomic mass is 10.1. The first-order valence-electron chi connectivity index (χ1n) is 5.50. The molecule has 19 heavy (non-hydrogen) atoms. The second-order valence-corrected chi connectivity index (χ2v) is 4.45. The number of likely N-dealkylation sites (tertiary alicyclic amines) is 1. The monoisotopic (exact) mass is 279 g/mol. The van der Waals surface area contributed by atoms with Gasteiger partial charge in [-0.15, -0.1) is 0 Å². The van der Waals surface area contributed by atoms with Crippen LogP contribution in [-0.4, -0.2) is 34.3 Å². The summed E-state index contributed by atoms with van der Waals surface area (Å²) >= 11 is 5.96. The Morgan fingerprint density at radius 2 is 2.05 bits per heavy atom. The molecule has 0 saturated carbocycles. The number of halogens is 1. The summed E-state index contributed by atoms with van der Waals surface area (Å²) in [5.41, 5.74) is 0.872. The van der Waals surface area contributed by atoms with Gasteiger partial charge in [0.25, 0.3) is 5.91 Å². The van der Waals surface area contributed by atoms with Crippen molar-refractivity contribution in [3.63, 3.8) is 0 Å². The van der Waals surface area contributed by atoms with Crippen molar-refractivity contribution in [2.45, 2.75) is 6.42 Å². The zero-order valence-corrected chi connectivity index (χ0v) is 10.6. The van der Waals surface area contributed by atoms with Crippen molar-refractivity contribution in [1.82, 2.24) is 4.90 Å². The number of nitrogens with zero attached hydrogens (tertiary/aromatic N) is 1. The normalized spacial score (nSPS) is 17.3. The highest BCUT2D eigenvalue weighted by atomic mass is 35.5. The molecular weight excluding hydrogens is 270 g/mol. The quantitative estimate of drug-likeness (QED) is 0.673. The van der Waals surface area contributed by atoms with Gasteiger partial charge in [0.2, 0.25) is 5.91 Å². The number of hydrogen-bond acceptors (Lipinski definition) is 3. The fourth-order valence-corrected chi connectivity index (χ4v) is 2.00. The fourth-order valence-electron chi connectivity index (χ4n) is 1.81. The lowest BCUT2D eigenvalue weighted by Gasteiger charge is -2.09. The van der Waals surface area contributed by atoms with E-state index < -0.39 is 24.3 Å². The maximum Gasteiger partial charge on any atom is 0.323 e. The van der Waals surface area contributed by atoms with E-state index in [1.807, 2.05) is 0 Å². The van der Waals surface area contributed by atoms with Crippen LogP contribution in [0.1, 0.15) is 12.0 Å². The lowest BCUT2D eigenvalue weighted by molar-refractivity contribution is -0.148. The minimum absolute atomic E-state index is 0.0999. The Hall–Kier alpha value is -2.14. The molecule has 2 rings (SSSR count). The van der Waals surface area contributed by atoms with Crippen LogP contribution in [0.5, 0.6) is 0 Å². The smallest absolute Gasteiger partial charge is 0.323 e. The Bertz CT molecular complexity index is 594. The SMILES string of the molecule is O=C(O)CN1C(=O)C/C(=C\c2ccccc2Cl)C1=O. The van der Waals surface area contributed by atoms with E-state index in [2.05, 4.69) is 0 Å². The molecular formula is C13H10ClNO4.